The van der Waals surface area contributed by atoms with Crippen LogP contribution in [0, 0.1) is 0 Å². The molecule has 0 amide bonds. The number of rotatable bonds is 7. The van der Waals surface area contributed by atoms with Gasteiger partial charge in [-0.1, -0.05) is 30.3 Å². The molecule has 1 aliphatic rings. The van der Waals surface area contributed by atoms with E-state index in [-0.39, 0.29) is 0 Å². The van der Waals surface area contributed by atoms with Crippen molar-refractivity contribution in [3.63, 3.8) is 0 Å². The summed E-state index contributed by atoms with van der Waals surface area (Å²) in [5.41, 5.74) is 1.84. The highest BCUT2D eigenvalue weighted by Crippen LogP contribution is 2.32. The van der Waals surface area contributed by atoms with Crippen LogP contribution in [0.5, 0.6) is 11.5 Å². The third kappa shape index (κ3) is 4.11. The van der Waals surface area contributed by atoms with Crippen LogP contribution in [0.1, 0.15) is 12.8 Å². The lowest BCUT2D eigenvalue weighted by Gasteiger charge is -2.13. The zero-order chi connectivity index (χ0) is 18.6. The summed E-state index contributed by atoms with van der Waals surface area (Å²) in [4.78, 5) is 9.37. The van der Waals surface area contributed by atoms with E-state index in [9.17, 15) is 0 Å². The molecule has 0 atom stereocenters. The number of ether oxygens (including phenoxy) is 2. The van der Waals surface area contributed by atoms with E-state index in [1.54, 1.807) is 14.2 Å². The molecule has 2 N–H and O–H groups in total. The van der Waals surface area contributed by atoms with Gasteiger partial charge in [0.05, 0.1) is 14.2 Å². The Morgan fingerprint density at radius 1 is 0.852 bits per heavy atom. The van der Waals surface area contributed by atoms with Gasteiger partial charge in [0.2, 0.25) is 0 Å². The molecule has 4 rings (SSSR count). The number of benzene rings is 2. The molecule has 1 heterocycles. The highest BCUT2D eigenvalue weighted by Gasteiger charge is 2.22. The second-order valence-corrected chi connectivity index (χ2v) is 6.44. The molecule has 0 spiro atoms. The summed E-state index contributed by atoms with van der Waals surface area (Å²) in [6, 6.07) is 18.1. The van der Waals surface area contributed by atoms with Crippen molar-refractivity contribution in [2.75, 3.05) is 24.9 Å². The van der Waals surface area contributed by atoms with Crippen LogP contribution in [0.2, 0.25) is 0 Å². The molecule has 2 aromatic carbocycles. The van der Waals surface area contributed by atoms with Crippen molar-refractivity contribution in [2.24, 2.45) is 0 Å². The third-order valence-electron chi connectivity index (χ3n) is 4.34. The van der Waals surface area contributed by atoms with Crippen molar-refractivity contribution in [3.8, 4) is 22.9 Å². The monoisotopic (exact) mass is 362 g/mol. The van der Waals surface area contributed by atoms with Crippen LogP contribution < -0.4 is 20.1 Å². The van der Waals surface area contributed by atoms with Gasteiger partial charge in [0.1, 0.15) is 11.6 Å². The quantitative estimate of drug-likeness (QED) is 0.646. The number of hydrogen-bond donors (Lipinski definition) is 2. The Labute approximate surface area is 158 Å². The van der Waals surface area contributed by atoms with Gasteiger partial charge in [0.25, 0.3) is 0 Å². The zero-order valence-electron chi connectivity index (χ0n) is 15.4. The smallest absolute Gasteiger partial charge is 0.163 e. The van der Waals surface area contributed by atoms with Gasteiger partial charge in [-0.25, -0.2) is 9.97 Å². The largest absolute Gasteiger partial charge is 0.493 e. The van der Waals surface area contributed by atoms with E-state index in [1.165, 1.54) is 12.8 Å². The summed E-state index contributed by atoms with van der Waals surface area (Å²) >= 11 is 0. The summed E-state index contributed by atoms with van der Waals surface area (Å²) in [5.74, 6) is 3.58. The first kappa shape index (κ1) is 17.1. The lowest BCUT2D eigenvalue weighted by Crippen LogP contribution is -2.06. The van der Waals surface area contributed by atoms with E-state index < -0.39 is 0 Å². The fourth-order valence-corrected chi connectivity index (χ4v) is 2.80. The Morgan fingerprint density at radius 2 is 1.59 bits per heavy atom. The summed E-state index contributed by atoms with van der Waals surface area (Å²) in [7, 11) is 3.24. The molecule has 6 nitrogen and oxygen atoms in total. The lowest BCUT2D eigenvalue weighted by molar-refractivity contribution is 0.355. The summed E-state index contributed by atoms with van der Waals surface area (Å²) in [5, 5.41) is 6.80. The molecule has 1 fully saturated rings. The topological polar surface area (TPSA) is 68.3 Å². The normalized spacial score (nSPS) is 13.1. The van der Waals surface area contributed by atoms with Gasteiger partial charge in [-0.05, 0) is 25.0 Å². The number of anilines is 3. The Bertz CT molecular complexity index is 927. The first-order chi connectivity index (χ1) is 13.2. The summed E-state index contributed by atoms with van der Waals surface area (Å²) in [6.07, 6.45) is 2.37. The van der Waals surface area contributed by atoms with Crippen molar-refractivity contribution in [2.45, 2.75) is 18.9 Å². The predicted molar refractivity (Wildman–Crippen MR) is 107 cm³/mol. The highest BCUT2D eigenvalue weighted by molar-refractivity contribution is 5.67. The third-order valence-corrected chi connectivity index (χ3v) is 4.34. The van der Waals surface area contributed by atoms with E-state index in [2.05, 4.69) is 15.6 Å². The average molecular weight is 362 g/mol. The van der Waals surface area contributed by atoms with Crippen molar-refractivity contribution >= 4 is 17.3 Å². The van der Waals surface area contributed by atoms with Gasteiger partial charge in [0, 0.05) is 29.4 Å². The van der Waals surface area contributed by atoms with E-state index in [0.717, 1.165) is 22.9 Å². The number of hydrogen-bond acceptors (Lipinski definition) is 6. The second-order valence-electron chi connectivity index (χ2n) is 6.44. The summed E-state index contributed by atoms with van der Waals surface area (Å²) < 4.78 is 10.7. The van der Waals surface area contributed by atoms with Gasteiger partial charge in [-0.15, -0.1) is 0 Å². The maximum absolute atomic E-state index is 5.38. The van der Waals surface area contributed by atoms with Crippen molar-refractivity contribution < 1.29 is 9.47 Å². The molecule has 1 saturated carbocycles. The van der Waals surface area contributed by atoms with Crippen LogP contribution in [0.3, 0.4) is 0 Å². The first-order valence-electron chi connectivity index (χ1n) is 8.95. The molecule has 0 aliphatic heterocycles. The van der Waals surface area contributed by atoms with Gasteiger partial charge in [0.15, 0.2) is 17.3 Å². The predicted octanol–water partition coefficient (Wildman–Crippen LogP) is 4.48. The molecule has 1 aliphatic carbocycles. The number of aromatic nitrogens is 2. The minimum absolute atomic E-state index is 0.512. The van der Waals surface area contributed by atoms with Crippen LogP contribution in [0.15, 0.2) is 54.6 Å². The first-order valence-corrected chi connectivity index (χ1v) is 8.95. The van der Waals surface area contributed by atoms with Crippen LogP contribution >= 0.6 is 0 Å². The maximum atomic E-state index is 5.38. The molecule has 0 bridgehead atoms. The van der Waals surface area contributed by atoms with Crippen LogP contribution in [-0.4, -0.2) is 30.2 Å². The van der Waals surface area contributed by atoms with E-state index >= 15 is 0 Å². The van der Waals surface area contributed by atoms with Crippen molar-refractivity contribution in [1.82, 2.24) is 9.97 Å². The molecule has 0 unspecified atom stereocenters. The Hall–Kier alpha value is -3.28. The van der Waals surface area contributed by atoms with Gasteiger partial charge >= 0.3 is 0 Å². The van der Waals surface area contributed by atoms with Crippen LogP contribution in [0.4, 0.5) is 17.3 Å². The summed E-state index contributed by atoms with van der Waals surface area (Å²) in [6.45, 7) is 0. The minimum Gasteiger partial charge on any atom is -0.493 e. The van der Waals surface area contributed by atoms with Crippen LogP contribution in [-0.2, 0) is 0 Å². The fraction of sp³-hybridized carbons (Fsp3) is 0.238. The molecule has 138 valence electrons. The number of nitrogens with zero attached hydrogens (tertiary/aromatic N) is 2. The van der Waals surface area contributed by atoms with Crippen LogP contribution in [0.25, 0.3) is 11.4 Å². The molecular weight excluding hydrogens is 340 g/mol. The van der Waals surface area contributed by atoms with Crippen molar-refractivity contribution in [3.05, 3.63) is 54.6 Å². The zero-order valence-corrected chi connectivity index (χ0v) is 15.4. The Morgan fingerprint density at radius 3 is 2.30 bits per heavy atom. The molecule has 27 heavy (non-hydrogen) atoms. The standard InChI is InChI=1S/C21H22N4O2/c1-26-17-11-10-16(12-18(17)27-2)23-20-13-19(22-15-8-9-15)24-21(25-20)14-6-4-3-5-7-14/h3-7,10-13,15H,8-9H2,1-2H3,(H2,22,23,24,25). The number of nitrogens with one attached hydrogen (secondary N) is 2. The Kier molecular flexibility index (Phi) is 4.78. The number of methoxy groups -OCH3 is 2. The molecular formula is C21H22N4O2. The fourth-order valence-electron chi connectivity index (χ4n) is 2.80. The van der Waals surface area contributed by atoms with Gasteiger partial charge in [-0.2, -0.15) is 0 Å². The second kappa shape index (κ2) is 7.53. The van der Waals surface area contributed by atoms with Gasteiger partial charge in [-0.3, -0.25) is 0 Å². The highest BCUT2D eigenvalue weighted by atomic mass is 16.5. The molecule has 6 heteroatoms. The molecule has 0 radical (unpaired) electrons. The molecule has 1 aromatic heterocycles. The average Bonchev–Trinajstić information content (AvgIpc) is 3.52. The molecule has 3 aromatic rings. The lowest BCUT2D eigenvalue weighted by atomic mass is 10.2. The van der Waals surface area contributed by atoms with Gasteiger partial charge < -0.3 is 20.1 Å². The minimum atomic E-state index is 0.512. The van der Waals surface area contributed by atoms with E-state index in [4.69, 9.17) is 14.5 Å². The van der Waals surface area contributed by atoms with Crippen molar-refractivity contribution in [1.29, 1.82) is 0 Å². The maximum Gasteiger partial charge on any atom is 0.163 e. The Balaban J connectivity index is 1.66. The van der Waals surface area contributed by atoms with E-state index in [1.807, 2.05) is 54.6 Å². The molecule has 0 saturated heterocycles. The SMILES string of the molecule is COc1ccc(Nc2cc(NC3CC3)nc(-c3ccccc3)n2)cc1OC. The van der Waals surface area contributed by atoms with E-state index in [0.29, 0.717) is 23.4 Å².